The number of aryl methyl sites for hydroxylation is 1. The van der Waals surface area contributed by atoms with Crippen molar-refractivity contribution in [3.05, 3.63) is 16.1 Å². The van der Waals surface area contributed by atoms with Crippen LogP contribution in [0.15, 0.2) is 6.20 Å². The molecule has 2 N–H and O–H groups in total. The summed E-state index contributed by atoms with van der Waals surface area (Å²) in [7, 11) is 0. The molecule has 1 fully saturated rings. The number of nitrogens with zero attached hydrogens (tertiary/aromatic N) is 1. The summed E-state index contributed by atoms with van der Waals surface area (Å²) in [6.07, 6.45) is 6.74. The van der Waals surface area contributed by atoms with Crippen LogP contribution in [0.1, 0.15) is 48.4 Å². The largest absolute Gasteiger partial charge is 0.389 e. The number of thiazole rings is 1. The van der Waals surface area contributed by atoms with Gasteiger partial charge in [-0.2, -0.15) is 0 Å². The maximum atomic E-state index is 11.8. The SMILES string of the molecule is Cc1ncc(CNC(=O)CC2(O)CCCCC2)s1. The molecule has 0 bridgehead atoms. The van der Waals surface area contributed by atoms with Crippen LogP contribution in [0.3, 0.4) is 0 Å². The Bertz CT molecular complexity index is 411. The van der Waals surface area contributed by atoms with Crippen molar-refractivity contribution in [3.8, 4) is 0 Å². The van der Waals surface area contributed by atoms with Crippen molar-refractivity contribution in [2.45, 2.75) is 57.6 Å². The zero-order valence-electron chi connectivity index (χ0n) is 10.7. The van der Waals surface area contributed by atoms with Crippen LogP contribution in [0.4, 0.5) is 0 Å². The normalized spacial score (nSPS) is 18.6. The second kappa shape index (κ2) is 5.80. The Hall–Kier alpha value is -0.940. The van der Waals surface area contributed by atoms with Crippen LogP contribution in [0.5, 0.6) is 0 Å². The predicted octanol–water partition coefficient (Wildman–Crippen LogP) is 2.15. The van der Waals surface area contributed by atoms with E-state index in [1.54, 1.807) is 17.5 Å². The average molecular weight is 268 g/mol. The highest BCUT2D eigenvalue weighted by Gasteiger charge is 2.31. The minimum absolute atomic E-state index is 0.0644. The fraction of sp³-hybridized carbons (Fsp3) is 0.692. The lowest BCUT2D eigenvalue weighted by atomic mass is 9.82. The van der Waals surface area contributed by atoms with Crippen molar-refractivity contribution in [2.24, 2.45) is 0 Å². The van der Waals surface area contributed by atoms with E-state index in [9.17, 15) is 9.90 Å². The molecule has 0 saturated heterocycles. The van der Waals surface area contributed by atoms with Gasteiger partial charge in [0.25, 0.3) is 0 Å². The Balaban J connectivity index is 1.78. The smallest absolute Gasteiger partial charge is 0.223 e. The average Bonchev–Trinajstić information content (AvgIpc) is 2.73. The van der Waals surface area contributed by atoms with Crippen LogP contribution < -0.4 is 5.32 Å². The number of aromatic nitrogens is 1. The summed E-state index contributed by atoms with van der Waals surface area (Å²) in [6, 6.07) is 0. The van der Waals surface area contributed by atoms with E-state index in [0.717, 1.165) is 35.6 Å². The molecular formula is C13H20N2O2S. The van der Waals surface area contributed by atoms with Crippen LogP contribution in [-0.4, -0.2) is 21.6 Å². The number of carbonyl (C=O) groups is 1. The number of amides is 1. The lowest BCUT2D eigenvalue weighted by Gasteiger charge is -2.31. The summed E-state index contributed by atoms with van der Waals surface area (Å²) < 4.78 is 0. The van der Waals surface area contributed by atoms with E-state index in [0.29, 0.717) is 6.54 Å². The number of nitrogens with one attached hydrogen (secondary N) is 1. The van der Waals surface area contributed by atoms with Gasteiger partial charge in [-0.15, -0.1) is 11.3 Å². The Morgan fingerprint density at radius 1 is 1.50 bits per heavy atom. The third-order valence-corrected chi connectivity index (χ3v) is 4.32. The molecule has 1 aromatic heterocycles. The minimum atomic E-state index is -0.772. The Morgan fingerprint density at radius 2 is 2.22 bits per heavy atom. The van der Waals surface area contributed by atoms with Gasteiger partial charge >= 0.3 is 0 Å². The summed E-state index contributed by atoms with van der Waals surface area (Å²) in [6.45, 7) is 2.46. The highest BCUT2D eigenvalue weighted by atomic mass is 32.1. The summed E-state index contributed by atoms with van der Waals surface area (Å²) in [5.41, 5.74) is -0.772. The molecule has 1 saturated carbocycles. The Kier molecular flexibility index (Phi) is 4.35. The second-order valence-electron chi connectivity index (χ2n) is 5.08. The van der Waals surface area contributed by atoms with Crippen molar-refractivity contribution >= 4 is 17.2 Å². The molecule has 1 amide bonds. The number of hydrogen-bond acceptors (Lipinski definition) is 4. The molecule has 100 valence electrons. The first-order valence-electron chi connectivity index (χ1n) is 6.48. The van der Waals surface area contributed by atoms with Crippen molar-refractivity contribution < 1.29 is 9.90 Å². The third-order valence-electron chi connectivity index (χ3n) is 3.40. The van der Waals surface area contributed by atoms with Gasteiger partial charge in [-0.3, -0.25) is 4.79 Å². The second-order valence-corrected chi connectivity index (χ2v) is 6.40. The summed E-state index contributed by atoms with van der Waals surface area (Å²) in [4.78, 5) is 17.0. The zero-order valence-corrected chi connectivity index (χ0v) is 11.6. The summed E-state index contributed by atoms with van der Waals surface area (Å²) in [5, 5.41) is 14.1. The first-order chi connectivity index (χ1) is 8.57. The molecule has 4 nitrogen and oxygen atoms in total. The molecule has 18 heavy (non-hydrogen) atoms. The van der Waals surface area contributed by atoms with E-state index in [2.05, 4.69) is 10.3 Å². The zero-order chi connectivity index (χ0) is 13.0. The molecule has 5 heteroatoms. The van der Waals surface area contributed by atoms with E-state index >= 15 is 0 Å². The van der Waals surface area contributed by atoms with Gasteiger partial charge < -0.3 is 10.4 Å². The molecule has 0 radical (unpaired) electrons. The molecule has 2 rings (SSSR count). The van der Waals surface area contributed by atoms with E-state index in [1.807, 2.05) is 6.92 Å². The van der Waals surface area contributed by atoms with Crippen molar-refractivity contribution in [1.29, 1.82) is 0 Å². The van der Waals surface area contributed by atoms with Gasteiger partial charge in [0, 0.05) is 11.1 Å². The third kappa shape index (κ3) is 3.78. The van der Waals surface area contributed by atoms with Gasteiger partial charge in [-0.1, -0.05) is 19.3 Å². The monoisotopic (exact) mass is 268 g/mol. The van der Waals surface area contributed by atoms with Crippen LogP contribution in [0.2, 0.25) is 0 Å². The molecule has 1 aromatic rings. The minimum Gasteiger partial charge on any atom is -0.389 e. The molecule has 0 aliphatic heterocycles. The van der Waals surface area contributed by atoms with Crippen LogP contribution >= 0.6 is 11.3 Å². The molecule has 1 aliphatic carbocycles. The number of hydrogen-bond donors (Lipinski definition) is 2. The topological polar surface area (TPSA) is 62.2 Å². The maximum Gasteiger partial charge on any atom is 0.223 e. The van der Waals surface area contributed by atoms with Gasteiger partial charge in [0.2, 0.25) is 5.91 Å². The summed E-state index contributed by atoms with van der Waals surface area (Å²) in [5.74, 6) is -0.0644. The molecule has 0 atom stereocenters. The van der Waals surface area contributed by atoms with Gasteiger partial charge in [0.1, 0.15) is 0 Å². The Labute approximate surface area is 111 Å². The van der Waals surface area contributed by atoms with E-state index in [4.69, 9.17) is 0 Å². The molecule has 0 spiro atoms. The van der Waals surface area contributed by atoms with Crippen LogP contribution in [0.25, 0.3) is 0 Å². The van der Waals surface area contributed by atoms with Gasteiger partial charge in [-0.05, 0) is 19.8 Å². The number of carbonyl (C=O) groups excluding carboxylic acids is 1. The van der Waals surface area contributed by atoms with Crippen molar-refractivity contribution in [1.82, 2.24) is 10.3 Å². The predicted molar refractivity (Wildman–Crippen MR) is 71.3 cm³/mol. The molecule has 1 heterocycles. The van der Waals surface area contributed by atoms with Crippen LogP contribution in [-0.2, 0) is 11.3 Å². The highest BCUT2D eigenvalue weighted by molar-refractivity contribution is 7.11. The molecule has 1 aliphatic rings. The van der Waals surface area contributed by atoms with Gasteiger partial charge in [0.05, 0.1) is 23.6 Å². The van der Waals surface area contributed by atoms with E-state index in [-0.39, 0.29) is 12.3 Å². The molecule has 0 unspecified atom stereocenters. The highest BCUT2D eigenvalue weighted by Crippen LogP contribution is 2.30. The molecule has 0 aromatic carbocycles. The fourth-order valence-electron chi connectivity index (χ4n) is 2.42. The summed E-state index contributed by atoms with van der Waals surface area (Å²) >= 11 is 1.59. The molecular weight excluding hydrogens is 248 g/mol. The quantitative estimate of drug-likeness (QED) is 0.879. The van der Waals surface area contributed by atoms with E-state index in [1.165, 1.54) is 6.42 Å². The van der Waals surface area contributed by atoms with Crippen molar-refractivity contribution in [3.63, 3.8) is 0 Å². The number of rotatable bonds is 4. The van der Waals surface area contributed by atoms with E-state index < -0.39 is 5.60 Å². The van der Waals surface area contributed by atoms with Crippen molar-refractivity contribution in [2.75, 3.05) is 0 Å². The lowest BCUT2D eigenvalue weighted by Crippen LogP contribution is -2.38. The fourth-order valence-corrected chi connectivity index (χ4v) is 3.16. The standard InChI is InChI=1S/C13H20N2O2S/c1-10-14-8-11(18-10)9-15-12(16)7-13(17)5-3-2-4-6-13/h8,17H,2-7,9H2,1H3,(H,15,16). The lowest BCUT2D eigenvalue weighted by molar-refractivity contribution is -0.127. The first kappa shape index (κ1) is 13.5. The number of aliphatic hydroxyl groups is 1. The van der Waals surface area contributed by atoms with Gasteiger partial charge in [0.15, 0.2) is 0 Å². The maximum absolute atomic E-state index is 11.8. The first-order valence-corrected chi connectivity index (χ1v) is 7.29. The van der Waals surface area contributed by atoms with Gasteiger partial charge in [-0.25, -0.2) is 4.98 Å². The Morgan fingerprint density at radius 3 is 2.83 bits per heavy atom. The van der Waals surface area contributed by atoms with Crippen LogP contribution in [0, 0.1) is 6.92 Å².